The number of amides is 1. The highest BCUT2D eigenvalue weighted by Gasteiger charge is 2.27. The van der Waals surface area contributed by atoms with Gasteiger partial charge in [-0.1, -0.05) is 30.3 Å². The summed E-state index contributed by atoms with van der Waals surface area (Å²) in [6, 6.07) is 9.98. The third-order valence-corrected chi connectivity index (χ3v) is 5.91. The van der Waals surface area contributed by atoms with E-state index in [4.69, 9.17) is 4.98 Å². The van der Waals surface area contributed by atoms with E-state index in [1.54, 1.807) is 0 Å². The minimum absolute atomic E-state index is 0.0734. The van der Waals surface area contributed by atoms with Gasteiger partial charge in [-0.25, -0.2) is 4.98 Å². The molecule has 2 aromatic heterocycles. The first kappa shape index (κ1) is 17.7. The Bertz CT molecular complexity index is 1010. The second-order valence-electron chi connectivity index (χ2n) is 6.76. The largest absolute Gasteiger partial charge is 0.356 e. The first-order valence-corrected chi connectivity index (χ1v) is 10.1. The minimum Gasteiger partial charge on any atom is -0.356 e. The summed E-state index contributed by atoms with van der Waals surface area (Å²) in [5, 5.41) is 4.88. The number of aromatic amines is 1. The Labute approximate surface area is 161 Å². The highest BCUT2D eigenvalue weighted by Crippen LogP contribution is 2.32. The molecule has 1 atom stereocenters. The van der Waals surface area contributed by atoms with Crippen LogP contribution in [0.2, 0.25) is 0 Å². The summed E-state index contributed by atoms with van der Waals surface area (Å²) in [7, 11) is 0. The number of H-pyrrole nitrogens is 1. The molecule has 2 N–H and O–H groups in total. The summed E-state index contributed by atoms with van der Waals surface area (Å²) in [4.78, 5) is 34.6. The predicted molar refractivity (Wildman–Crippen MR) is 109 cm³/mol. The highest BCUT2D eigenvalue weighted by molar-refractivity contribution is 7.17. The van der Waals surface area contributed by atoms with Gasteiger partial charge in [0.2, 0.25) is 11.9 Å². The topological polar surface area (TPSA) is 78.1 Å². The van der Waals surface area contributed by atoms with Crippen molar-refractivity contribution in [2.24, 2.45) is 5.92 Å². The summed E-state index contributed by atoms with van der Waals surface area (Å²) in [5.41, 5.74) is 2.62. The Morgan fingerprint density at radius 1 is 1.37 bits per heavy atom. The molecule has 3 heterocycles. The van der Waals surface area contributed by atoms with Crippen LogP contribution >= 0.6 is 11.3 Å². The van der Waals surface area contributed by atoms with E-state index < -0.39 is 0 Å². The van der Waals surface area contributed by atoms with Crippen molar-refractivity contribution >= 4 is 33.4 Å². The third kappa shape index (κ3) is 3.47. The smallest absolute Gasteiger partial charge is 0.270 e. The molecular formula is C20H22N4O2S. The second kappa shape index (κ2) is 7.52. The summed E-state index contributed by atoms with van der Waals surface area (Å²) in [6.45, 7) is 3.92. The molecule has 1 amide bonds. The Morgan fingerprint density at radius 3 is 2.96 bits per heavy atom. The summed E-state index contributed by atoms with van der Waals surface area (Å²) >= 11 is 1.41. The van der Waals surface area contributed by atoms with Crippen molar-refractivity contribution in [3.8, 4) is 11.1 Å². The maximum Gasteiger partial charge on any atom is 0.270 e. The van der Waals surface area contributed by atoms with E-state index in [2.05, 4.69) is 10.3 Å². The number of benzene rings is 1. The standard InChI is InChI=1S/C20H22N4O2S/c1-2-21-18(25)14-9-6-10-24(11-14)20-22-16-15(13-7-4-3-5-8-13)12-27-17(16)19(26)23-20/h3-5,7-8,12,14H,2,6,9-11H2,1H3,(H,21,25)(H,22,23,26). The van der Waals surface area contributed by atoms with Gasteiger partial charge in [0, 0.05) is 30.6 Å². The van der Waals surface area contributed by atoms with Crippen molar-refractivity contribution in [1.29, 1.82) is 0 Å². The first-order chi connectivity index (χ1) is 13.2. The van der Waals surface area contributed by atoms with E-state index in [1.807, 2.05) is 47.5 Å². The Morgan fingerprint density at radius 2 is 2.19 bits per heavy atom. The molecule has 27 heavy (non-hydrogen) atoms. The quantitative estimate of drug-likeness (QED) is 0.727. The van der Waals surface area contributed by atoms with E-state index in [0.29, 0.717) is 23.7 Å². The Balaban J connectivity index is 1.70. The number of anilines is 1. The lowest BCUT2D eigenvalue weighted by molar-refractivity contribution is -0.125. The second-order valence-corrected chi connectivity index (χ2v) is 7.64. The predicted octanol–water partition coefficient (Wildman–Crippen LogP) is 3.00. The van der Waals surface area contributed by atoms with Gasteiger partial charge >= 0.3 is 0 Å². The average molecular weight is 382 g/mol. The highest BCUT2D eigenvalue weighted by atomic mass is 32.1. The van der Waals surface area contributed by atoms with Crippen LogP contribution in [0.1, 0.15) is 19.8 Å². The normalized spacial score (nSPS) is 17.2. The molecule has 4 rings (SSSR count). The van der Waals surface area contributed by atoms with Crippen molar-refractivity contribution in [1.82, 2.24) is 15.3 Å². The monoisotopic (exact) mass is 382 g/mol. The number of thiophene rings is 1. The van der Waals surface area contributed by atoms with Crippen LogP contribution in [0.3, 0.4) is 0 Å². The Kier molecular flexibility index (Phi) is 4.94. The van der Waals surface area contributed by atoms with Gasteiger partial charge in [-0.3, -0.25) is 14.6 Å². The number of nitrogens with one attached hydrogen (secondary N) is 2. The molecule has 1 aliphatic rings. The zero-order valence-corrected chi connectivity index (χ0v) is 16.0. The van der Waals surface area contributed by atoms with Gasteiger partial charge in [0.05, 0.1) is 11.4 Å². The summed E-state index contributed by atoms with van der Waals surface area (Å²) in [6.07, 6.45) is 1.77. The number of hydrogen-bond acceptors (Lipinski definition) is 5. The van der Waals surface area contributed by atoms with Gasteiger partial charge in [0.15, 0.2) is 0 Å². The third-order valence-electron chi connectivity index (χ3n) is 4.94. The lowest BCUT2D eigenvalue weighted by Crippen LogP contribution is -2.44. The fourth-order valence-corrected chi connectivity index (χ4v) is 4.50. The molecule has 1 aliphatic heterocycles. The molecule has 140 valence electrons. The van der Waals surface area contributed by atoms with Crippen molar-refractivity contribution in [3.63, 3.8) is 0 Å². The Hall–Kier alpha value is -2.67. The molecule has 3 aromatic rings. The van der Waals surface area contributed by atoms with Crippen LogP contribution in [0.4, 0.5) is 5.95 Å². The molecule has 0 spiro atoms. The maximum absolute atomic E-state index is 12.6. The van der Waals surface area contributed by atoms with Crippen molar-refractivity contribution in [2.45, 2.75) is 19.8 Å². The number of carbonyl (C=O) groups excluding carboxylic acids is 1. The van der Waals surface area contributed by atoms with E-state index in [1.165, 1.54) is 11.3 Å². The fourth-order valence-electron chi connectivity index (χ4n) is 3.59. The molecule has 0 aliphatic carbocycles. The van der Waals surface area contributed by atoms with E-state index in [-0.39, 0.29) is 17.4 Å². The lowest BCUT2D eigenvalue weighted by Gasteiger charge is -2.32. The number of nitrogens with zero attached hydrogens (tertiary/aromatic N) is 2. The van der Waals surface area contributed by atoms with Gasteiger partial charge in [-0.05, 0) is 25.3 Å². The lowest BCUT2D eigenvalue weighted by atomic mass is 9.97. The van der Waals surface area contributed by atoms with E-state index >= 15 is 0 Å². The molecule has 1 fully saturated rings. The van der Waals surface area contributed by atoms with Crippen molar-refractivity contribution in [2.75, 3.05) is 24.5 Å². The molecule has 0 saturated carbocycles. The van der Waals surface area contributed by atoms with Crippen LogP contribution in [0.25, 0.3) is 21.3 Å². The molecule has 0 bridgehead atoms. The van der Waals surface area contributed by atoms with Gasteiger partial charge in [-0.15, -0.1) is 11.3 Å². The molecular weight excluding hydrogens is 360 g/mol. The SMILES string of the molecule is CCNC(=O)C1CCCN(c2nc3c(-c4ccccc4)csc3c(=O)[nH]2)C1. The van der Waals surface area contributed by atoms with Crippen molar-refractivity contribution < 1.29 is 4.79 Å². The average Bonchev–Trinajstić information content (AvgIpc) is 3.13. The number of carbonyl (C=O) groups is 1. The van der Waals surface area contributed by atoms with E-state index in [9.17, 15) is 9.59 Å². The number of piperidine rings is 1. The molecule has 6 nitrogen and oxygen atoms in total. The van der Waals surface area contributed by atoms with Gasteiger partial charge in [-0.2, -0.15) is 0 Å². The minimum atomic E-state index is -0.123. The number of rotatable bonds is 4. The fraction of sp³-hybridized carbons (Fsp3) is 0.350. The zero-order chi connectivity index (χ0) is 18.8. The van der Waals surface area contributed by atoms with Crippen molar-refractivity contribution in [3.05, 3.63) is 46.1 Å². The molecule has 1 aromatic carbocycles. The molecule has 1 saturated heterocycles. The molecule has 0 radical (unpaired) electrons. The number of aromatic nitrogens is 2. The summed E-state index contributed by atoms with van der Waals surface area (Å²) in [5.74, 6) is 0.555. The van der Waals surface area contributed by atoms with Gasteiger partial charge in [0.25, 0.3) is 5.56 Å². The molecule has 7 heteroatoms. The van der Waals surface area contributed by atoms with Crippen LogP contribution in [0.15, 0.2) is 40.5 Å². The van der Waals surface area contributed by atoms with Crippen LogP contribution < -0.4 is 15.8 Å². The van der Waals surface area contributed by atoms with Gasteiger partial charge in [0.1, 0.15) is 4.70 Å². The summed E-state index contributed by atoms with van der Waals surface area (Å²) < 4.78 is 0.634. The van der Waals surface area contributed by atoms with Crippen LogP contribution in [0, 0.1) is 5.92 Å². The zero-order valence-electron chi connectivity index (χ0n) is 15.2. The van der Waals surface area contributed by atoms with Crippen LogP contribution in [-0.4, -0.2) is 35.5 Å². The number of fused-ring (bicyclic) bond motifs is 1. The van der Waals surface area contributed by atoms with E-state index in [0.717, 1.165) is 36.0 Å². The van der Waals surface area contributed by atoms with Crippen LogP contribution in [-0.2, 0) is 4.79 Å². The van der Waals surface area contributed by atoms with Gasteiger partial charge < -0.3 is 10.2 Å². The molecule has 1 unspecified atom stereocenters. The maximum atomic E-state index is 12.6. The number of hydrogen-bond donors (Lipinski definition) is 2. The first-order valence-electron chi connectivity index (χ1n) is 9.27. The van der Waals surface area contributed by atoms with Crippen LogP contribution in [0.5, 0.6) is 0 Å².